The van der Waals surface area contributed by atoms with Crippen LogP contribution in [0.2, 0.25) is 0 Å². The molecule has 1 aliphatic carbocycles. The zero-order valence-electron chi connectivity index (χ0n) is 19.7. The molecular weight excluding hydrogens is 498 g/mol. The van der Waals surface area contributed by atoms with Crippen LogP contribution in [0.25, 0.3) is 0 Å². The van der Waals surface area contributed by atoms with Crippen molar-refractivity contribution in [1.29, 1.82) is 0 Å². The molecule has 1 aromatic heterocycles. The van der Waals surface area contributed by atoms with E-state index in [4.69, 9.17) is 4.74 Å². The molecule has 0 bridgehead atoms. The van der Waals surface area contributed by atoms with Gasteiger partial charge in [-0.05, 0) is 31.0 Å². The highest BCUT2D eigenvalue weighted by molar-refractivity contribution is 6.47. The number of amides is 1. The average molecular weight is 523 g/mol. The van der Waals surface area contributed by atoms with Gasteiger partial charge in [-0.3, -0.25) is 9.79 Å². The topological polar surface area (TPSA) is 120 Å². The van der Waals surface area contributed by atoms with Crippen LogP contribution in [0, 0.1) is 5.82 Å². The molecular formula is C24H25F4N5O4. The fraction of sp³-hybridized carbons (Fsp3) is 0.500. The predicted molar refractivity (Wildman–Crippen MR) is 123 cm³/mol. The third-order valence-corrected chi connectivity index (χ3v) is 6.79. The van der Waals surface area contributed by atoms with Crippen LogP contribution >= 0.6 is 0 Å². The molecule has 1 aromatic carbocycles. The molecule has 0 radical (unpaired) electrons. The Morgan fingerprint density at radius 2 is 2.03 bits per heavy atom. The zero-order chi connectivity index (χ0) is 26.5. The molecule has 5 atom stereocenters. The molecule has 2 fully saturated rings. The van der Waals surface area contributed by atoms with E-state index in [-0.39, 0.29) is 47.9 Å². The summed E-state index contributed by atoms with van der Waals surface area (Å²) in [6.45, 7) is 0.215. The highest BCUT2D eigenvalue weighted by Crippen LogP contribution is 2.41. The Labute approximate surface area is 209 Å². The summed E-state index contributed by atoms with van der Waals surface area (Å²) in [6, 6.07) is 1.31. The Kier molecular flexibility index (Phi) is 6.52. The summed E-state index contributed by atoms with van der Waals surface area (Å²) in [5.41, 5.74) is 0.560. The number of halogens is 4. The van der Waals surface area contributed by atoms with Crippen molar-refractivity contribution < 1.29 is 37.3 Å². The molecule has 0 spiro atoms. The van der Waals surface area contributed by atoms with Crippen LogP contribution < -0.4 is 10.1 Å². The van der Waals surface area contributed by atoms with Gasteiger partial charge >= 0.3 is 6.11 Å². The van der Waals surface area contributed by atoms with Crippen LogP contribution in [0.15, 0.2) is 29.5 Å². The number of hydrogen-bond donors (Lipinski definition) is 3. The molecule has 9 nitrogen and oxygen atoms in total. The lowest BCUT2D eigenvalue weighted by molar-refractivity contribution is -0.159. The first-order chi connectivity index (χ1) is 17.5. The summed E-state index contributed by atoms with van der Waals surface area (Å²) < 4.78 is 60.8. The maximum atomic E-state index is 14.6. The molecule has 3 N–H and O–H groups in total. The Morgan fingerprint density at radius 3 is 2.73 bits per heavy atom. The van der Waals surface area contributed by atoms with E-state index in [9.17, 15) is 32.6 Å². The number of aliphatic hydroxyl groups excluding tert-OH is 2. The van der Waals surface area contributed by atoms with E-state index >= 15 is 0 Å². The average Bonchev–Trinajstić information content (AvgIpc) is 3.53. The molecule has 198 valence electrons. The number of nitrogens with zero attached hydrogens (tertiary/aromatic N) is 4. The van der Waals surface area contributed by atoms with Gasteiger partial charge in [0, 0.05) is 18.9 Å². The van der Waals surface area contributed by atoms with Crippen molar-refractivity contribution in [2.45, 2.75) is 69.3 Å². The first kappa shape index (κ1) is 25.3. The molecule has 1 saturated carbocycles. The van der Waals surface area contributed by atoms with Gasteiger partial charge in [0.25, 0.3) is 5.91 Å². The third kappa shape index (κ3) is 4.97. The van der Waals surface area contributed by atoms with E-state index in [0.29, 0.717) is 25.5 Å². The Morgan fingerprint density at radius 1 is 1.24 bits per heavy atom. The molecule has 0 unspecified atom stereocenters. The Hall–Kier alpha value is -3.32. The normalized spacial score (nSPS) is 27.3. The number of carbonyl (C=O) groups is 1. The number of benzene rings is 1. The van der Waals surface area contributed by atoms with E-state index in [1.165, 1.54) is 6.33 Å². The second-order valence-corrected chi connectivity index (χ2v) is 9.49. The summed E-state index contributed by atoms with van der Waals surface area (Å²) in [5, 5.41) is 23.2. The van der Waals surface area contributed by atoms with Crippen molar-refractivity contribution in [2.24, 2.45) is 4.99 Å². The number of anilines is 1. The second kappa shape index (κ2) is 9.53. The van der Waals surface area contributed by atoms with E-state index in [1.807, 2.05) is 0 Å². The number of nitrogens with one attached hydrogen (secondary N) is 1. The van der Waals surface area contributed by atoms with E-state index in [2.05, 4.69) is 20.3 Å². The van der Waals surface area contributed by atoms with Crippen LogP contribution in [0.3, 0.4) is 0 Å². The standard InChI is InChI=1S/C24H25F4N5O4/c1-24(27,28)37-18-5-2-11(25)6-13(18)16-7-12(26)9-33(16)23(36)20-19-15(8-29-20)30-10-31-22(19)32-14-3-4-17(34)21(14)35/h2,5-6,10,12,14,16-17,21,34-35H,3-4,7-9H2,1H3,(H,30,31,32)/t12-,14+,16+,17+,21-/m0/s1. The van der Waals surface area contributed by atoms with Gasteiger partial charge in [-0.1, -0.05) is 0 Å². The quantitative estimate of drug-likeness (QED) is 0.498. The van der Waals surface area contributed by atoms with Crippen molar-refractivity contribution in [1.82, 2.24) is 14.9 Å². The maximum absolute atomic E-state index is 14.6. The van der Waals surface area contributed by atoms with Crippen LogP contribution in [-0.4, -0.2) is 73.8 Å². The highest BCUT2D eigenvalue weighted by atomic mass is 19.3. The Bertz CT molecular complexity index is 1240. The summed E-state index contributed by atoms with van der Waals surface area (Å²) >= 11 is 0. The number of aromatic nitrogens is 2. The minimum absolute atomic E-state index is 0.0530. The summed E-state index contributed by atoms with van der Waals surface area (Å²) in [6.07, 6.45) is -5.14. The molecule has 3 heterocycles. The zero-order valence-corrected chi connectivity index (χ0v) is 19.7. The molecule has 5 rings (SSSR count). The lowest BCUT2D eigenvalue weighted by Gasteiger charge is -2.27. The Balaban J connectivity index is 1.46. The molecule has 1 amide bonds. The van der Waals surface area contributed by atoms with Gasteiger partial charge < -0.3 is 25.2 Å². The number of aliphatic hydroxyl groups is 2. The number of hydrogen-bond acceptors (Lipinski definition) is 8. The van der Waals surface area contributed by atoms with Crippen LogP contribution in [0.5, 0.6) is 5.75 Å². The van der Waals surface area contributed by atoms with Gasteiger partial charge in [0.2, 0.25) is 0 Å². The van der Waals surface area contributed by atoms with Crippen LogP contribution in [0.4, 0.5) is 23.4 Å². The molecule has 3 aliphatic rings. The minimum atomic E-state index is -3.58. The molecule has 13 heteroatoms. The van der Waals surface area contributed by atoms with E-state index < -0.39 is 48.3 Å². The van der Waals surface area contributed by atoms with Crippen LogP contribution in [0.1, 0.15) is 49.0 Å². The van der Waals surface area contributed by atoms with Gasteiger partial charge in [-0.15, -0.1) is 0 Å². The number of likely N-dealkylation sites (tertiary alicyclic amines) is 1. The number of carbonyl (C=O) groups excluding carboxylic acids is 1. The summed E-state index contributed by atoms with van der Waals surface area (Å²) in [5.74, 6) is -1.59. The fourth-order valence-electron chi connectivity index (χ4n) is 5.11. The number of ether oxygens (including phenoxy) is 1. The van der Waals surface area contributed by atoms with Gasteiger partial charge in [0.15, 0.2) is 0 Å². The smallest absolute Gasteiger partial charge is 0.394 e. The van der Waals surface area contributed by atoms with Gasteiger partial charge in [-0.25, -0.2) is 18.7 Å². The summed E-state index contributed by atoms with van der Waals surface area (Å²) in [4.78, 5) is 27.5. The largest absolute Gasteiger partial charge is 0.432 e. The molecule has 2 aromatic rings. The van der Waals surface area contributed by atoms with Crippen molar-refractivity contribution in [3.05, 3.63) is 47.2 Å². The van der Waals surface area contributed by atoms with E-state index in [1.54, 1.807) is 0 Å². The lowest BCUT2D eigenvalue weighted by atomic mass is 10.0. The molecule has 2 aliphatic heterocycles. The van der Waals surface area contributed by atoms with E-state index in [0.717, 1.165) is 23.1 Å². The molecule has 1 saturated heterocycles. The SMILES string of the molecule is CC(F)(F)Oc1ccc(F)cc1[C@H]1C[C@H](F)CN1C(=O)C1=NCc2ncnc(N[C@@H]3CC[C@@H](O)[C@H]3O)c21. The van der Waals surface area contributed by atoms with Crippen LogP contribution in [-0.2, 0) is 11.3 Å². The maximum Gasteiger partial charge on any atom is 0.394 e. The van der Waals surface area contributed by atoms with Crippen molar-refractivity contribution >= 4 is 17.4 Å². The minimum Gasteiger partial charge on any atom is -0.432 e. The van der Waals surface area contributed by atoms with Crippen molar-refractivity contribution in [3.8, 4) is 5.75 Å². The first-order valence-corrected chi connectivity index (χ1v) is 11.8. The number of alkyl halides is 3. The number of aliphatic imine (C=N–C) groups is 1. The predicted octanol–water partition coefficient (Wildman–Crippen LogP) is 2.52. The molecule has 37 heavy (non-hydrogen) atoms. The third-order valence-electron chi connectivity index (χ3n) is 6.79. The monoisotopic (exact) mass is 523 g/mol. The van der Waals surface area contributed by atoms with Gasteiger partial charge in [0.05, 0.1) is 48.6 Å². The fourth-order valence-corrected chi connectivity index (χ4v) is 5.11. The van der Waals surface area contributed by atoms with Crippen molar-refractivity contribution in [3.63, 3.8) is 0 Å². The van der Waals surface area contributed by atoms with Gasteiger partial charge in [-0.2, -0.15) is 8.78 Å². The number of rotatable bonds is 6. The summed E-state index contributed by atoms with van der Waals surface area (Å²) in [7, 11) is 0. The van der Waals surface area contributed by atoms with Crippen molar-refractivity contribution in [2.75, 3.05) is 11.9 Å². The highest BCUT2D eigenvalue weighted by Gasteiger charge is 2.43. The van der Waals surface area contributed by atoms with Gasteiger partial charge in [0.1, 0.15) is 35.6 Å². The number of fused-ring (bicyclic) bond motifs is 1. The first-order valence-electron chi connectivity index (χ1n) is 11.8. The second-order valence-electron chi connectivity index (χ2n) is 9.49. The lowest BCUT2D eigenvalue weighted by Crippen LogP contribution is -2.38.